The summed E-state index contributed by atoms with van der Waals surface area (Å²) in [4.78, 5) is 13.7. The molecule has 0 aromatic heterocycles. The van der Waals surface area contributed by atoms with Gasteiger partial charge in [0.1, 0.15) is 5.75 Å². The van der Waals surface area contributed by atoms with Crippen LogP contribution in [0.2, 0.25) is 0 Å². The molecule has 1 saturated heterocycles. The highest BCUT2D eigenvalue weighted by molar-refractivity contribution is 7.89. The van der Waals surface area contributed by atoms with Gasteiger partial charge in [-0.2, -0.15) is 4.31 Å². The summed E-state index contributed by atoms with van der Waals surface area (Å²) in [5, 5.41) is 9.25. The zero-order chi connectivity index (χ0) is 23.4. The van der Waals surface area contributed by atoms with E-state index >= 15 is 0 Å². The molecule has 2 aromatic carbocycles. The molecule has 2 aromatic rings. The normalized spacial score (nSPS) is 16.3. The van der Waals surface area contributed by atoms with Gasteiger partial charge < -0.3 is 9.84 Å². The summed E-state index contributed by atoms with van der Waals surface area (Å²) in [7, 11) is -3.63. The monoisotopic (exact) mass is 458 g/mol. The van der Waals surface area contributed by atoms with E-state index in [9.17, 15) is 18.3 Å². The Balaban J connectivity index is 1.61. The summed E-state index contributed by atoms with van der Waals surface area (Å²) in [5.74, 6) is -0.739. The van der Waals surface area contributed by atoms with E-state index in [4.69, 9.17) is 4.74 Å². The number of rotatable bonds is 8. The van der Waals surface area contributed by atoms with Crippen LogP contribution in [0.4, 0.5) is 0 Å². The molecule has 0 unspecified atom stereocenters. The summed E-state index contributed by atoms with van der Waals surface area (Å²) in [6.07, 6.45) is 4.17. The number of nitrogens with zero attached hydrogens (tertiary/aromatic N) is 2. The fourth-order valence-electron chi connectivity index (χ4n) is 3.42. The molecule has 1 fully saturated rings. The Morgan fingerprint density at radius 1 is 1.09 bits per heavy atom. The van der Waals surface area contributed by atoms with E-state index < -0.39 is 21.6 Å². The molecule has 1 aliphatic rings. The first kappa shape index (κ1) is 24.0. The Kier molecular flexibility index (Phi) is 7.38. The molecule has 7 nitrogen and oxygen atoms in total. The number of aliphatic carboxylic acids is 1. The number of hydrogen-bond donors (Lipinski definition) is 1. The summed E-state index contributed by atoms with van der Waals surface area (Å²) < 4.78 is 33.3. The largest absolute Gasteiger partial charge is 0.478 e. The molecule has 0 spiro atoms. The van der Waals surface area contributed by atoms with E-state index in [1.165, 1.54) is 36.4 Å². The lowest BCUT2D eigenvalue weighted by atomic mass is 10.1. The van der Waals surface area contributed by atoms with Crippen molar-refractivity contribution in [1.29, 1.82) is 0 Å². The molecule has 0 saturated carbocycles. The minimum Gasteiger partial charge on any atom is -0.478 e. The molecule has 1 N–H and O–H groups in total. The predicted molar refractivity (Wildman–Crippen MR) is 124 cm³/mol. The van der Waals surface area contributed by atoms with Gasteiger partial charge in [0, 0.05) is 32.7 Å². The van der Waals surface area contributed by atoms with E-state index in [1.807, 2.05) is 30.3 Å². The quantitative estimate of drug-likeness (QED) is 0.653. The molecule has 8 heteroatoms. The van der Waals surface area contributed by atoms with Crippen LogP contribution in [0, 0.1) is 6.92 Å². The summed E-state index contributed by atoms with van der Waals surface area (Å²) in [6.45, 7) is 7.55. The first-order chi connectivity index (χ1) is 15.1. The number of ether oxygens (including phenoxy) is 1. The highest BCUT2D eigenvalue weighted by Crippen LogP contribution is 2.27. The molecule has 0 amide bonds. The molecule has 1 heterocycles. The van der Waals surface area contributed by atoms with Crippen LogP contribution in [0.5, 0.6) is 5.75 Å². The van der Waals surface area contributed by atoms with E-state index in [-0.39, 0.29) is 4.90 Å². The summed E-state index contributed by atoms with van der Waals surface area (Å²) in [6, 6.07) is 14.6. The van der Waals surface area contributed by atoms with Gasteiger partial charge in [-0.25, -0.2) is 13.2 Å². The molecule has 0 aliphatic carbocycles. The molecular formula is C24H30N2O5S. The van der Waals surface area contributed by atoms with E-state index in [2.05, 4.69) is 17.1 Å². The maximum Gasteiger partial charge on any atom is 0.347 e. The van der Waals surface area contributed by atoms with Crippen molar-refractivity contribution < 1.29 is 23.1 Å². The number of aryl methyl sites for hydroxylation is 1. The number of carbonyl (C=O) groups is 1. The number of carboxylic acids is 1. The molecule has 172 valence electrons. The molecular weight excluding hydrogens is 428 g/mol. The second-order valence-electron chi connectivity index (χ2n) is 8.36. The van der Waals surface area contributed by atoms with Crippen molar-refractivity contribution in [2.75, 3.05) is 32.7 Å². The van der Waals surface area contributed by atoms with Crippen LogP contribution >= 0.6 is 0 Å². The minimum atomic E-state index is -3.63. The lowest BCUT2D eigenvalue weighted by Crippen LogP contribution is -2.48. The smallest absolute Gasteiger partial charge is 0.347 e. The fraction of sp³-hybridized carbons (Fsp3) is 0.375. The second-order valence-corrected chi connectivity index (χ2v) is 10.3. The maximum atomic E-state index is 13.1. The minimum absolute atomic E-state index is 0.188. The molecule has 3 rings (SSSR count). The van der Waals surface area contributed by atoms with Crippen LogP contribution in [-0.2, 0) is 14.8 Å². The molecule has 0 radical (unpaired) electrons. The topological polar surface area (TPSA) is 87.2 Å². The van der Waals surface area contributed by atoms with Crippen LogP contribution in [-0.4, -0.2) is 67.0 Å². The van der Waals surface area contributed by atoms with Crippen molar-refractivity contribution in [3.63, 3.8) is 0 Å². The average molecular weight is 459 g/mol. The molecule has 32 heavy (non-hydrogen) atoms. The van der Waals surface area contributed by atoms with Gasteiger partial charge in [0.15, 0.2) is 5.60 Å². The van der Waals surface area contributed by atoms with Gasteiger partial charge in [0.25, 0.3) is 0 Å². The van der Waals surface area contributed by atoms with Crippen LogP contribution in [0.3, 0.4) is 0 Å². The van der Waals surface area contributed by atoms with Crippen molar-refractivity contribution in [3.8, 4) is 5.75 Å². The van der Waals surface area contributed by atoms with Crippen LogP contribution in [0.25, 0.3) is 6.08 Å². The van der Waals surface area contributed by atoms with Crippen molar-refractivity contribution in [3.05, 3.63) is 65.7 Å². The van der Waals surface area contributed by atoms with Crippen molar-refractivity contribution in [1.82, 2.24) is 9.21 Å². The number of sulfonamides is 1. The predicted octanol–water partition coefficient (Wildman–Crippen LogP) is 3.26. The van der Waals surface area contributed by atoms with E-state index in [1.54, 1.807) is 6.92 Å². The van der Waals surface area contributed by atoms with Gasteiger partial charge >= 0.3 is 5.97 Å². The zero-order valence-corrected chi connectivity index (χ0v) is 19.5. The third kappa shape index (κ3) is 5.76. The van der Waals surface area contributed by atoms with Gasteiger partial charge in [0.05, 0.1) is 4.90 Å². The standard InChI is InChI=1S/C24H30N2O5S/c1-19-18-21(11-12-22(19)31-24(2,3)23(27)28)32(29,30)26-16-14-25(15-17-26)13-7-10-20-8-5-4-6-9-20/h4-12,18H,13-17H2,1-3H3,(H,27,28)/b10-7+. The number of carboxylic acid groups (broad SMARTS) is 1. The first-order valence-corrected chi connectivity index (χ1v) is 12.0. The second kappa shape index (κ2) is 9.85. The maximum absolute atomic E-state index is 13.1. The Morgan fingerprint density at radius 3 is 2.34 bits per heavy atom. The van der Waals surface area contributed by atoms with E-state index in [0.29, 0.717) is 37.5 Å². The third-order valence-corrected chi connectivity index (χ3v) is 7.36. The Bertz CT molecular complexity index is 1070. The fourth-order valence-corrected chi connectivity index (χ4v) is 4.93. The summed E-state index contributed by atoms with van der Waals surface area (Å²) >= 11 is 0. The van der Waals surface area contributed by atoms with Gasteiger partial charge in [-0.3, -0.25) is 4.90 Å². The highest BCUT2D eigenvalue weighted by Gasteiger charge is 2.31. The number of benzene rings is 2. The van der Waals surface area contributed by atoms with Crippen molar-refractivity contribution in [2.24, 2.45) is 0 Å². The highest BCUT2D eigenvalue weighted by atomic mass is 32.2. The van der Waals surface area contributed by atoms with Crippen LogP contribution < -0.4 is 4.74 Å². The third-order valence-electron chi connectivity index (χ3n) is 5.47. The van der Waals surface area contributed by atoms with Gasteiger partial charge in [0.2, 0.25) is 10.0 Å². The first-order valence-electron chi connectivity index (χ1n) is 10.6. The van der Waals surface area contributed by atoms with Crippen molar-refractivity contribution in [2.45, 2.75) is 31.3 Å². The van der Waals surface area contributed by atoms with Gasteiger partial charge in [-0.15, -0.1) is 0 Å². The summed E-state index contributed by atoms with van der Waals surface area (Å²) in [5.41, 5.74) is 0.310. The Labute approximate surface area is 190 Å². The average Bonchev–Trinajstić information content (AvgIpc) is 2.76. The van der Waals surface area contributed by atoms with Gasteiger partial charge in [-0.05, 0) is 50.1 Å². The Hall–Kier alpha value is -2.68. The van der Waals surface area contributed by atoms with Crippen LogP contribution in [0.1, 0.15) is 25.0 Å². The SMILES string of the molecule is Cc1cc(S(=O)(=O)N2CCN(C/C=C/c3ccccc3)CC2)ccc1OC(C)(C)C(=O)O. The lowest BCUT2D eigenvalue weighted by molar-refractivity contribution is -0.152. The molecule has 0 bridgehead atoms. The molecule has 1 aliphatic heterocycles. The van der Waals surface area contributed by atoms with Gasteiger partial charge in [-0.1, -0.05) is 42.5 Å². The number of piperazine rings is 1. The van der Waals surface area contributed by atoms with E-state index in [0.717, 1.165) is 12.1 Å². The Morgan fingerprint density at radius 2 is 1.75 bits per heavy atom. The molecule has 0 atom stereocenters. The zero-order valence-electron chi connectivity index (χ0n) is 18.7. The number of hydrogen-bond acceptors (Lipinski definition) is 5. The van der Waals surface area contributed by atoms with Crippen molar-refractivity contribution >= 4 is 22.1 Å². The lowest BCUT2D eigenvalue weighted by Gasteiger charge is -2.33. The van der Waals surface area contributed by atoms with Crippen LogP contribution in [0.15, 0.2) is 59.5 Å².